The summed E-state index contributed by atoms with van der Waals surface area (Å²) in [6, 6.07) is 3.23. The number of hydrogen-bond donors (Lipinski definition) is 4. The van der Waals surface area contributed by atoms with Gasteiger partial charge in [0, 0.05) is 25.6 Å². The van der Waals surface area contributed by atoms with E-state index in [1.165, 1.54) is 25.3 Å². The standard InChI is InChI=1S/C23H35N5O9S2/c1-3-17-16-23(17,24)22(31)26-39(36,37)27(2)15-11-7-5-4-6-8-12-18(21(29)30)25-38(34,35)20-14-10-9-13-19(20)28(32)33/h3,9-10,13-14,17-18,25H,1,4-8,11-12,15-16,24H2,2H3,(H,26,31)(H,29,30)/t17-,18+,23+/m1/s1. The molecule has 218 valence electrons. The van der Waals surface area contributed by atoms with Crippen LogP contribution < -0.4 is 15.2 Å². The molecule has 1 aliphatic carbocycles. The topological polar surface area (TPSA) is 219 Å². The molecule has 0 heterocycles. The van der Waals surface area contributed by atoms with Gasteiger partial charge in [0.25, 0.3) is 11.6 Å². The molecule has 2 rings (SSSR count). The van der Waals surface area contributed by atoms with Crippen LogP contribution in [0.4, 0.5) is 5.69 Å². The predicted molar refractivity (Wildman–Crippen MR) is 142 cm³/mol. The summed E-state index contributed by atoms with van der Waals surface area (Å²) >= 11 is 0. The van der Waals surface area contributed by atoms with Gasteiger partial charge in [-0.25, -0.2) is 13.1 Å². The molecule has 5 N–H and O–H groups in total. The first-order chi connectivity index (χ1) is 18.2. The van der Waals surface area contributed by atoms with E-state index in [0.29, 0.717) is 38.5 Å². The highest BCUT2D eigenvalue weighted by molar-refractivity contribution is 7.89. The van der Waals surface area contributed by atoms with Gasteiger partial charge in [-0.3, -0.25) is 19.7 Å². The smallest absolute Gasteiger partial charge is 0.321 e. The molecule has 3 atom stereocenters. The molecule has 39 heavy (non-hydrogen) atoms. The summed E-state index contributed by atoms with van der Waals surface area (Å²) in [5, 5.41) is 20.6. The van der Waals surface area contributed by atoms with Crippen molar-refractivity contribution < 1.29 is 36.5 Å². The largest absolute Gasteiger partial charge is 0.480 e. The zero-order valence-electron chi connectivity index (χ0n) is 21.6. The third-order valence-corrected chi connectivity index (χ3v) is 9.53. The van der Waals surface area contributed by atoms with Crippen LogP contribution in [0.25, 0.3) is 0 Å². The van der Waals surface area contributed by atoms with Crippen LogP contribution in [0.15, 0.2) is 41.8 Å². The van der Waals surface area contributed by atoms with Crippen molar-refractivity contribution in [1.82, 2.24) is 13.7 Å². The van der Waals surface area contributed by atoms with E-state index in [9.17, 15) is 41.6 Å². The highest BCUT2D eigenvalue weighted by atomic mass is 32.2. The number of sulfonamides is 1. The van der Waals surface area contributed by atoms with Crippen LogP contribution in [-0.4, -0.2) is 68.2 Å². The Hall–Kier alpha value is -2.92. The lowest BCUT2D eigenvalue weighted by molar-refractivity contribution is -0.387. The van der Waals surface area contributed by atoms with Gasteiger partial charge in [-0.1, -0.05) is 50.3 Å². The Bertz CT molecular complexity index is 1290. The number of unbranched alkanes of at least 4 members (excludes halogenated alkanes) is 5. The molecule has 0 unspecified atom stereocenters. The van der Waals surface area contributed by atoms with Crippen molar-refractivity contribution in [3.63, 3.8) is 0 Å². The van der Waals surface area contributed by atoms with E-state index in [2.05, 4.69) is 6.58 Å². The van der Waals surface area contributed by atoms with Gasteiger partial charge < -0.3 is 10.8 Å². The molecule has 0 spiro atoms. The number of nitro groups is 1. The van der Waals surface area contributed by atoms with Gasteiger partial charge in [-0.2, -0.15) is 17.4 Å². The molecule has 0 bridgehead atoms. The lowest BCUT2D eigenvalue weighted by Crippen LogP contribution is -2.50. The number of hydrogen-bond acceptors (Lipinski definition) is 9. The van der Waals surface area contributed by atoms with Gasteiger partial charge in [-0.05, 0) is 25.3 Å². The summed E-state index contributed by atoms with van der Waals surface area (Å²) in [6.07, 6.45) is 5.49. The second-order valence-electron chi connectivity index (χ2n) is 9.49. The molecule has 16 heteroatoms. The Labute approximate surface area is 228 Å². The molecule has 0 aliphatic heterocycles. The van der Waals surface area contributed by atoms with E-state index < -0.39 is 59.2 Å². The predicted octanol–water partition coefficient (Wildman–Crippen LogP) is 1.25. The number of rotatable bonds is 18. The van der Waals surface area contributed by atoms with E-state index >= 15 is 0 Å². The number of aliphatic carboxylic acids is 1. The van der Waals surface area contributed by atoms with E-state index in [-0.39, 0.29) is 18.9 Å². The van der Waals surface area contributed by atoms with Gasteiger partial charge in [0.15, 0.2) is 4.90 Å². The molecule has 1 saturated carbocycles. The van der Waals surface area contributed by atoms with Crippen molar-refractivity contribution in [3.05, 3.63) is 47.0 Å². The van der Waals surface area contributed by atoms with Crippen molar-refractivity contribution in [2.75, 3.05) is 13.6 Å². The molecule has 0 radical (unpaired) electrons. The minimum Gasteiger partial charge on any atom is -0.480 e. The van der Waals surface area contributed by atoms with Crippen LogP contribution in [0.5, 0.6) is 0 Å². The maximum atomic E-state index is 12.6. The Kier molecular flexibility index (Phi) is 11.1. The van der Waals surface area contributed by atoms with Crippen molar-refractivity contribution in [3.8, 4) is 0 Å². The zero-order chi connectivity index (χ0) is 29.4. The third-order valence-electron chi connectivity index (χ3n) is 6.56. The molecular weight excluding hydrogens is 554 g/mol. The van der Waals surface area contributed by atoms with E-state index in [1.54, 1.807) is 0 Å². The van der Waals surface area contributed by atoms with Crippen molar-refractivity contribution >= 4 is 37.8 Å². The fourth-order valence-corrected chi connectivity index (χ4v) is 6.32. The maximum absolute atomic E-state index is 12.6. The van der Waals surface area contributed by atoms with Crippen LogP contribution in [0.1, 0.15) is 51.4 Å². The van der Waals surface area contributed by atoms with Crippen molar-refractivity contribution in [1.29, 1.82) is 0 Å². The highest BCUT2D eigenvalue weighted by Gasteiger charge is 2.56. The molecule has 14 nitrogen and oxygen atoms in total. The Balaban J connectivity index is 1.71. The van der Waals surface area contributed by atoms with E-state index in [0.717, 1.165) is 22.9 Å². The first-order valence-electron chi connectivity index (χ1n) is 12.3. The van der Waals surface area contributed by atoms with Gasteiger partial charge in [0.05, 0.1) is 4.92 Å². The normalized spacial score (nSPS) is 19.8. The quantitative estimate of drug-likeness (QED) is 0.0830. The van der Waals surface area contributed by atoms with E-state index in [4.69, 9.17) is 5.73 Å². The minimum atomic E-state index is -4.44. The number of carboxylic acid groups (broad SMARTS) is 1. The maximum Gasteiger partial charge on any atom is 0.321 e. The summed E-state index contributed by atoms with van der Waals surface area (Å²) in [4.78, 5) is 33.4. The Morgan fingerprint density at radius 2 is 1.79 bits per heavy atom. The number of para-hydroxylation sites is 1. The van der Waals surface area contributed by atoms with Crippen molar-refractivity contribution in [2.45, 2.75) is 67.8 Å². The summed E-state index contributed by atoms with van der Waals surface area (Å²) in [5.74, 6) is -2.41. The Morgan fingerprint density at radius 1 is 1.21 bits per heavy atom. The molecular formula is C23H35N5O9S2. The van der Waals surface area contributed by atoms with Gasteiger partial charge in [0.2, 0.25) is 10.0 Å². The number of nitrogens with zero attached hydrogens (tertiary/aromatic N) is 2. The number of nitro benzene ring substituents is 1. The Morgan fingerprint density at radius 3 is 2.36 bits per heavy atom. The third kappa shape index (κ3) is 8.79. The first kappa shape index (κ1) is 32.3. The summed E-state index contributed by atoms with van der Waals surface area (Å²) < 4.78 is 55.0. The molecule has 1 aliphatic rings. The number of nitrogens with two attached hydrogens (primary N) is 1. The van der Waals surface area contributed by atoms with Crippen LogP contribution in [0.2, 0.25) is 0 Å². The minimum absolute atomic E-state index is 0.00871. The molecule has 1 amide bonds. The zero-order valence-corrected chi connectivity index (χ0v) is 23.2. The average Bonchev–Trinajstić information content (AvgIpc) is 3.56. The average molecular weight is 590 g/mol. The van der Waals surface area contributed by atoms with Crippen LogP contribution in [0, 0.1) is 16.0 Å². The number of nitrogens with one attached hydrogen (secondary N) is 2. The second-order valence-corrected chi connectivity index (χ2v) is 13.0. The van der Waals surface area contributed by atoms with Gasteiger partial charge >= 0.3 is 16.2 Å². The first-order valence-corrected chi connectivity index (χ1v) is 15.3. The van der Waals surface area contributed by atoms with Crippen LogP contribution in [0.3, 0.4) is 0 Å². The molecule has 1 fully saturated rings. The monoisotopic (exact) mass is 589 g/mol. The summed E-state index contributed by atoms with van der Waals surface area (Å²) in [6.45, 7) is 3.74. The lowest BCUT2D eigenvalue weighted by Gasteiger charge is -2.19. The summed E-state index contributed by atoms with van der Waals surface area (Å²) in [7, 11) is -7.11. The number of benzene rings is 1. The van der Waals surface area contributed by atoms with Gasteiger partial charge in [-0.15, -0.1) is 6.58 Å². The lowest BCUT2D eigenvalue weighted by atomic mass is 10.1. The SMILES string of the molecule is C=C[C@@H]1C[C@@]1(N)C(=O)NS(=O)(=O)N(C)CCCCCCCC[C@H](NS(=O)(=O)c1ccccc1[N+](=O)[O-])C(=O)O. The number of carbonyl (C=O) groups is 2. The van der Waals surface area contributed by atoms with Gasteiger partial charge in [0.1, 0.15) is 11.6 Å². The number of carbonyl (C=O) groups excluding carboxylic acids is 1. The van der Waals surface area contributed by atoms with Crippen molar-refractivity contribution in [2.24, 2.45) is 11.7 Å². The molecule has 0 aromatic heterocycles. The molecule has 1 aromatic rings. The fraction of sp³-hybridized carbons (Fsp3) is 0.565. The second kappa shape index (κ2) is 13.4. The molecule has 0 saturated heterocycles. The van der Waals surface area contributed by atoms with Crippen LogP contribution >= 0.6 is 0 Å². The van der Waals surface area contributed by atoms with Crippen LogP contribution in [-0.2, 0) is 29.8 Å². The highest BCUT2D eigenvalue weighted by Crippen LogP contribution is 2.42. The number of carboxylic acids is 1. The summed E-state index contributed by atoms with van der Waals surface area (Å²) in [5.41, 5.74) is 3.99. The molecule has 1 aromatic carbocycles. The van der Waals surface area contributed by atoms with E-state index in [1.807, 2.05) is 9.44 Å². The fourth-order valence-electron chi connectivity index (χ4n) is 3.98. The number of amides is 1.